The van der Waals surface area contributed by atoms with Crippen molar-refractivity contribution in [2.45, 2.75) is 0 Å². The van der Waals surface area contributed by atoms with Crippen LogP contribution in [0.4, 0.5) is 0 Å². The second-order valence-electron chi connectivity index (χ2n) is 6.04. The van der Waals surface area contributed by atoms with E-state index in [1.807, 2.05) is 78.9 Å². The number of H-pyrrole nitrogens is 1. The number of aromatic nitrogens is 1. The van der Waals surface area contributed by atoms with E-state index in [1.54, 1.807) is 6.21 Å². The van der Waals surface area contributed by atoms with Crippen molar-refractivity contribution < 1.29 is 4.79 Å². The molecule has 0 aliphatic rings. The first-order valence-corrected chi connectivity index (χ1v) is 9.27. The zero-order valence-electron chi connectivity index (χ0n) is 14.3. The number of nitrogens with zero attached hydrogens (tertiary/aromatic N) is 1. The maximum atomic E-state index is 12.8. The predicted molar refractivity (Wildman–Crippen MR) is 113 cm³/mol. The van der Waals surface area contributed by atoms with Gasteiger partial charge < -0.3 is 4.98 Å². The Morgan fingerprint density at radius 2 is 1.67 bits per heavy atom. The zero-order chi connectivity index (χ0) is 18.6. The third kappa shape index (κ3) is 3.68. The van der Waals surface area contributed by atoms with Gasteiger partial charge in [-0.25, -0.2) is 5.43 Å². The Bertz CT molecular complexity index is 1120. The number of halogens is 1. The highest BCUT2D eigenvalue weighted by Gasteiger charge is 2.19. The van der Waals surface area contributed by atoms with E-state index >= 15 is 0 Å². The fourth-order valence-corrected chi connectivity index (χ4v) is 3.36. The summed E-state index contributed by atoms with van der Waals surface area (Å²) in [6, 6.07) is 25.4. The summed E-state index contributed by atoms with van der Waals surface area (Å²) in [6.45, 7) is 0. The highest BCUT2D eigenvalue weighted by atomic mass is 79.9. The first-order chi connectivity index (χ1) is 13.2. The summed E-state index contributed by atoms with van der Waals surface area (Å²) >= 11 is 3.52. The summed E-state index contributed by atoms with van der Waals surface area (Å²) < 4.78 is 0.959. The molecule has 0 aliphatic heterocycles. The number of benzene rings is 3. The molecular weight excluding hydrogens is 402 g/mol. The number of nitrogens with one attached hydrogen (secondary N) is 2. The van der Waals surface area contributed by atoms with Gasteiger partial charge in [-0.15, -0.1) is 0 Å². The van der Waals surface area contributed by atoms with Crippen molar-refractivity contribution in [3.8, 4) is 11.1 Å². The highest BCUT2D eigenvalue weighted by molar-refractivity contribution is 9.10. The van der Waals surface area contributed by atoms with Gasteiger partial charge in [0.05, 0.1) is 6.21 Å². The van der Waals surface area contributed by atoms with E-state index in [4.69, 9.17) is 0 Å². The highest BCUT2D eigenvalue weighted by Crippen LogP contribution is 2.34. The lowest BCUT2D eigenvalue weighted by molar-refractivity contribution is 0.0951. The molecule has 1 amide bonds. The van der Waals surface area contributed by atoms with E-state index in [2.05, 4.69) is 31.4 Å². The third-order valence-corrected chi connectivity index (χ3v) is 4.72. The van der Waals surface area contributed by atoms with Gasteiger partial charge in [0.25, 0.3) is 5.91 Å². The second-order valence-corrected chi connectivity index (χ2v) is 6.96. The van der Waals surface area contributed by atoms with E-state index < -0.39 is 0 Å². The molecule has 2 N–H and O–H groups in total. The molecule has 0 atom stereocenters. The number of carbonyl (C=O) groups excluding carboxylic acids is 1. The summed E-state index contributed by atoms with van der Waals surface area (Å²) in [5.41, 5.74) is 6.75. The number of hydrogen-bond acceptors (Lipinski definition) is 2. The van der Waals surface area contributed by atoms with Crippen molar-refractivity contribution in [1.29, 1.82) is 0 Å². The van der Waals surface area contributed by atoms with Crippen molar-refractivity contribution in [1.82, 2.24) is 10.4 Å². The number of hydrogen-bond donors (Lipinski definition) is 2. The Labute approximate surface area is 165 Å². The van der Waals surface area contributed by atoms with Gasteiger partial charge in [-0.3, -0.25) is 4.79 Å². The summed E-state index contributed by atoms with van der Waals surface area (Å²) in [7, 11) is 0. The molecule has 4 rings (SSSR count). The van der Waals surface area contributed by atoms with E-state index in [1.165, 1.54) is 0 Å². The van der Waals surface area contributed by atoms with E-state index in [-0.39, 0.29) is 5.91 Å². The van der Waals surface area contributed by atoms with Crippen LogP contribution in [0.25, 0.3) is 22.0 Å². The predicted octanol–water partition coefficient (Wildman–Crippen LogP) is 5.36. The molecule has 1 heterocycles. The molecule has 1 aromatic heterocycles. The molecular formula is C22H16BrN3O. The van der Waals surface area contributed by atoms with Crippen LogP contribution in [0.5, 0.6) is 0 Å². The normalized spacial score (nSPS) is 11.1. The topological polar surface area (TPSA) is 57.2 Å². The quantitative estimate of drug-likeness (QED) is 0.340. The van der Waals surface area contributed by atoms with E-state index in [0.29, 0.717) is 5.69 Å². The fourth-order valence-electron chi connectivity index (χ4n) is 3.00. The van der Waals surface area contributed by atoms with E-state index in [0.717, 1.165) is 32.1 Å². The van der Waals surface area contributed by atoms with Gasteiger partial charge in [-0.1, -0.05) is 76.6 Å². The lowest BCUT2D eigenvalue weighted by Crippen LogP contribution is -2.18. The van der Waals surface area contributed by atoms with Crippen LogP contribution in [0.2, 0.25) is 0 Å². The molecule has 0 saturated heterocycles. The Balaban J connectivity index is 1.72. The number of rotatable bonds is 4. The molecule has 0 unspecified atom stereocenters. The first kappa shape index (κ1) is 17.2. The van der Waals surface area contributed by atoms with Gasteiger partial charge in [-0.05, 0) is 29.3 Å². The van der Waals surface area contributed by atoms with Crippen molar-refractivity contribution in [3.63, 3.8) is 0 Å². The zero-order valence-corrected chi connectivity index (χ0v) is 15.9. The fraction of sp³-hybridized carbons (Fsp3) is 0. The molecule has 0 radical (unpaired) electrons. The largest absolute Gasteiger partial charge is 0.350 e. The first-order valence-electron chi connectivity index (χ1n) is 8.47. The minimum Gasteiger partial charge on any atom is -0.350 e. The van der Waals surface area contributed by atoms with Gasteiger partial charge in [0.15, 0.2) is 0 Å². The number of aromatic amines is 1. The van der Waals surface area contributed by atoms with Crippen LogP contribution in [0.1, 0.15) is 16.1 Å². The van der Waals surface area contributed by atoms with Crippen molar-refractivity contribution in [2.75, 3.05) is 0 Å². The number of carbonyl (C=O) groups is 1. The van der Waals surface area contributed by atoms with Crippen LogP contribution in [0, 0.1) is 0 Å². The summed E-state index contributed by atoms with van der Waals surface area (Å²) in [5.74, 6) is -0.284. The average molecular weight is 418 g/mol. The summed E-state index contributed by atoms with van der Waals surface area (Å²) in [6.07, 6.45) is 1.62. The van der Waals surface area contributed by atoms with Crippen LogP contribution in [-0.2, 0) is 0 Å². The third-order valence-electron chi connectivity index (χ3n) is 4.23. The Kier molecular flexibility index (Phi) is 4.85. The van der Waals surface area contributed by atoms with Gasteiger partial charge in [0, 0.05) is 20.9 Å². The number of fused-ring (bicyclic) bond motifs is 1. The molecule has 132 valence electrons. The molecule has 4 nitrogen and oxygen atoms in total. The Morgan fingerprint density at radius 1 is 0.963 bits per heavy atom. The summed E-state index contributed by atoms with van der Waals surface area (Å²) in [4.78, 5) is 16.0. The Hall–Kier alpha value is -3.18. The molecule has 4 aromatic rings. The van der Waals surface area contributed by atoms with Gasteiger partial charge >= 0.3 is 0 Å². The van der Waals surface area contributed by atoms with Crippen LogP contribution in [0.3, 0.4) is 0 Å². The lowest BCUT2D eigenvalue weighted by Gasteiger charge is -2.04. The molecule has 5 heteroatoms. The van der Waals surface area contributed by atoms with E-state index in [9.17, 15) is 4.79 Å². The van der Waals surface area contributed by atoms with Crippen LogP contribution in [-0.4, -0.2) is 17.1 Å². The number of amides is 1. The smallest absolute Gasteiger partial charge is 0.288 e. The summed E-state index contributed by atoms with van der Waals surface area (Å²) in [5, 5.41) is 5.07. The Morgan fingerprint density at radius 3 is 2.41 bits per heavy atom. The molecule has 0 bridgehead atoms. The maximum absolute atomic E-state index is 12.8. The van der Waals surface area contributed by atoms with Crippen LogP contribution < -0.4 is 5.43 Å². The maximum Gasteiger partial charge on any atom is 0.288 e. The second kappa shape index (κ2) is 7.60. The molecule has 0 fully saturated rings. The van der Waals surface area contributed by atoms with Crippen molar-refractivity contribution in [3.05, 3.63) is 94.6 Å². The number of hydrazone groups is 1. The van der Waals surface area contributed by atoms with Gasteiger partial charge in [0.2, 0.25) is 0 Å². The SMILES string of the molecule is O=C(N/N=C/c1ccccc1)c1[nH]c2ccc(Br)cc2c1-c1ccccc1. The van der Waals surface area contributed by atoms with Gasteiger partial charge in [-0.2, -0.15) is 5.10 Å². The monoisotopic (exact) mass is 417 g/mol. The molecule has 27 heavy (non-hydrogen) atoms. The van der Waals surface area contributed by atoms with Crippen LogP contribution in [0.15, 0.2) is 88.4 Å². The minimum absolute atomic E-state index is 0.284. The molecule has 0 spiro atoms. The molecule has 0 aliphatic carbocycles. The van der Waals surface area contributed by atoms with Crippen molar-refractivity contribution >= 4 is 39.0 Å². The van der Waals surface area contributed by atoms with Crippen molar-refractivity contribution in [2.24, 2.45) is 5.10 Å². The van der Waals surface area contributed by atoms with Gasteiger partial charge in [0.1, 0.15) is 5.69 Å². The molecule has 3 aromatic carbocycles. The lowest BCUT2D eigenvalue weighted by atomic mass is 10.0. The molecule has 0 saturated carbocycles. The average Bonchev–Trinajstić information content (AvgIpc) is 3.08. The van der Waals surface area contributed by atoms with Crippen LogP contribution >= 0.6 is 15.9 Å². The standard InChI is InChI=1S/C22H16BrN3O/c23-17-11-12-19-18(13-17)20(16-9-5-2-6-10-16)21(25-19)22(27)26-24-14-15-7-3-1-4-8-15/h1-14,25H,(H,26,27)/b24-14+. The minimum atomic E-state index is -0.284.